The number of rotatable bonds is 9. The van der Waals surface area contributed by atoms with Crippen molar-refractivity contribution in [3.8, 4) is 0 Å². The Morgan fingerprint density at radius 1 is 0.828 bits per heavy atom. The van der Waals surface area contributed by atoms with Crippen LogP contribution >= 0.6 is 0 Å². The fourth-order valence-electron chi connectivity index (χ4n) is 2.31. The summed E-state index contributed by atoms with van der Waals surface area (Å²) in [6, 6.07) is 16.3. The van der Waals surface area contributed by atoms with Crippen LogP contribution in [0.3, 0.4) is 0 Å². The van der Waals surface area contributed by atoms with Crippen molar-refractivity contribution in [3.63, 3.8) is 0 Å². The van der Waals surface area contributed by atoms with E-state index in [1.54, 1.807) is 54.6 Å². The van der Waals surface area contributed by atoms with Crippen LogP contribution < -0.4 is 5.32 Å². The molecule has 0 heterocycles. The van der Waals surface area contributed by atoms with E-state index in [-0.39, 0.29) is 13.2 Å². The maximum absolute atomic E-state index is 12.1. The third-order valence-corrected chi connectivity index (χ3v) is 3.82. The maximum atomic E-state index is 12.1. The molecular formula is C21H21NO7. The molecule has 2 aromatic rings. The molecule has 0 radical (unpaired) electrons. The molecule has 2 rings (SSSR count). The Morgan fingerprint density at radius 3 is 1.86 bits per heavy atom. The van der Waals surface area contributed by atoms with Crippen molar-refractivity contribution >= 4 is 23.8 Å². The normalized spacial score (nSPS) is 11.1. The van der Waals surface area contributed by atoms with Crippen LogP contribution in [0, 0.1) is 0 Å². The number of benzene rings is 2. The summed E-state index contributed by atoms with van der Waals surface area (Å²) in [5.74, 6) is -2.97. The summed E-state index contributed by atoms with van der Waals surface area (Å²) in [6.07, 6.45) is -1.53. The topological polar surface area (TPSA) is 108 Å². The minimum Gasteiger partial charge on any atom is -0.467 e. The van der Waals surface area contributed by atoms with Crippen molar-refractivity contribution in [1.29, 1.82) is 0 Å². The number of carbonyl (C=O) groups excluding carboxylic acids is 4. The predicted octanol–water partition coefficient (Wildman–Crippen LogP) is 2.16. The second kappa shape index (κ2) is 11.2. The molecule has 0 aliphatic rings. The molecule has 1 amide bonds. The van der Waals surface area contributed by atoms with Gasteiger partial charge in [-0.1, -0.05) is 60.7 Å². The van der Waals surface area contributed by atoms with Crippen molar-refractivity contribution in [3.05, 3.63) is 71.8 Å². The lowest BCUT2D eigenvalue weighted by molar-refractivity contribution is -0.156. The summed E-state index contributed by atoms with van der Waals surface area (Å²) in [5.41, 5.74) is 1.46. The molecule has 8 nitrogen and oxygen atoms in total. The van der Waals surface area contributed by atoms with Gasteiger partial charge in [-0.15, -0.1) is 0 Å². The minimum atomic E-state index is -1.37. The van der Waals surface area contributed by atoms with Crippen LogP contribution in [0.4, 0.5) is 4.79 Å². The van der Waals surface area contributed by atoms with Gasteiger partial charge in [0.25, 0.3) is 0 Å². The van der Waals surface area contributed by atoms with Gasteiger partial charge in [0.05, 0.1) is 7.11 Å². The molecule has 0 aromatic heterocycles. The van der Waals surface area contributed by atoms with Crippen molar-refractivity contribution in [2.24, 2.45) is 0 Å². The van der Waals surface area contributed by atoms with E-state index in [0.717, 1.165) is 12.7 Å². The van der Waals surface area contributed by atoms with E-state index in [4.69, 9.17) is 9.47 Å². The molecule has 1 N–H and O–H groups in total. The highest BCUT2D eigenvalue weighted by Crippen LogP contribution is 2.05. The van der Waals surface area contributed by atoms with Crippen molar-refractivity contribution < 1.29 is 33.4 Å². The molecule has 152 valence electrons. The molecule has 0 spiro atoms. The zero-order valence-corrected chi connectivity index (χ0v) is 15.8. The van der Waals surface area contributed by atoms with Gasteiger partial charge in [0.2, 0.25) is 5.78 Å². The summed E-state index contributed by atoms with van der Waals surface area (Å²) in [4.78, 5) is 47.8. The first-order valence-corrected chi connectivity index (χ1v) is 8.78. The van der Waals surface area contributed by atoms with Crippen molar-refractivity contribution in [1.82, 2.24) is 5.32 Å². The molecule has 0 saturated carbocycles. The standard InChI is InChI=1S/C21H21NO7/c1-27-19(24)17(22-21(26)29-14-16-10-6-3-7-11-16)12-18(23)20(25)28-13-15-8-4-2-5-9-15/h2-11,17H,12-14H2,1H3,(H,22,26)/t17-/m1/s1. The number of nitrogens with one attached hydrogen (secondary N) is 1. The average molecular weight is 399 g/mol. The number of ether oxygens (including phenoxy) is 3. The Hall–Kier alpha value is -3.68. The molecule has 8 heteroatoms. The molecule has 29 heavy (non-hydrogen) atoms. The van der Waals surface area contributed by atoms with E-state index in [9.17, 15) is 19.2 Å². The molecule has 2 aromatic carbocycles. The first-order chi connectivity index (χ1) is 14.0. The van der Waals surface area contributed by atoms with Crippen molar-refractivity contribution in [2.75, 3.05) is 7.11 Å². The zero-order valence-electron chi connectivity index (χ0n) is 15.8. The van der Waals surface area contributed by atoms with Gasteiger partial charge < -0.3 is 19.5 Å². The Labute approximate surface area is 167 Å². The van der Waals surface area contributed by atoms with Gasteiger partial charge in [-0.3, -0.25) is 4.79 Å². The largest absolute Gasteiger partial charge is 0.467 e. The van der Waals surface area contributed by atoms with Gasteiger partial charge in [0, 0.05) is 6.42 Å². The molecule has 0 aliphatic carbocycles. The van der Waals surface area contributed by atoms with Crippen LogP contribution in [-0.2, 0) is 41.8 Å². The summed E-state index contributed by atoms with van der Waals surface area (Å²) < 4.78 is 14.5. The lowest BCUT2D eigenvalue weighted by atomic mass is 10.1. The van der Waals surface area contributed by atoms with Gasteiger partial charge in [0.1, 0.15) is 19.3 Å². The van der Waals surface area contributed by atoms with Crippen LogP contribution in [0.15, 0.2) is 60.7 Å². The fourth-order valence-corrected chi connectivity index (χ4v) is 2.31. The second-order valence-electron chi connectivity index (χ2n) is 5.97. The number of hydrogen-bond donors (Lipinski definition) is 1. The van der Waals surface area contributed by atoms with Crippen LogP contribution in [0.25, 0.3) is 0 Å². The van der Waals surface area contributed by atoms with E-state index < -0.39 is 36.3 Å². The summed E-state index contributed by atoms with van der Waals surface area (Å²) in [5, 5.41) is 2.23. The number of esters is 2. The first-order valence-electron chi connectivity index (χ1n) is 8.78. The number of hydrogen-bond acceptors (Lipinski definition) is 7. The van der Waals surface area contributed by atoms with Crippen LogP contribution in [0.5, 0.6) is 0 Å². The van der Waals surface area contributed by atoms with E-state index in [1.807, 2.05) is 6.07 Å². The van der Waals surface area contributed by atoms with Gasteiger partial charge in [-0.05, 0) is 11.1 Å². The number of alkyl carbamates (subject to hydrolysis) is 1. The number of ketones is 1. The third kappa shape index (κ3) is 7.45. The molecule has 0 aliphatic heterocycles. The summed E-state index contributed by atoms with van der Waals surface area (Å²) in [6.45, 7) is -0.103. The zero-order chi connectivity index (χ0) is 21.1. The van der Waals surface area contributed by atoms with E-state index >= 15 is 0 Å². The molecule has 0 fully saturated rings. The van der Waals surface area contributed by atoms with Crippen molar-refractivity contribution in [2.45, 2.75) is 25.7 Å². The van der Waals surface area contributed by atoms with Crippen LogP contribution in [-0.4, -0.2) is 37.0 Å². The smallest absolute Gasteiger partial charge is 0.408 e. The summed E-state index contributed by atoms with van der Waals surface area (Å²) >= 11 is 0. The fraction of sp³-hybridized carbons (Fsp3) is 0.238. The van der Waals surface area contributed by atoms with Gasteiger partial charge >= 0.3 is 18.0 Å². The lowest BCUT2D eigenvalue weighted by Gasteiger charge is -2.15. The monoisotopic (exact) mass is 399 g/mol. The Bertz CT molecular complexity index is 837. The first kappa shape index (κ1) is 21.6. The van der Waals surface area contributed by atoms with Crippen LogP contribution in [0.2, 0.25) is 0 Å². The third-order valence-electron chi connectivity index (χ3n) is 3.82. The Kier molecular flexibility index (Phi) is 8.37. The van der Waals surface area contributed by atoms with Gasteiger partial charge in [-0.2, -0.15) is 0 Å². The number of carbonyl (C=O) groups is 4. The molecule has 0 saturated heterocycles. The molecule has 1 atom stereocenters. The molecular weight excluding hydrogens is 378 g/mol. The highest BCUT2D eigenvalue weighted by Gasteiger charge is 2.29. The quantitative estimate of drug-likeness (QED) is 0.391. The number of methoxy groups -OCH3 is 1. The SMILES string of the molecule is COC(=O)[C@@H](CC(=O)C(=O)OCc1ccccc1)NC(=O)OCc1ccccc1. The lowest BCUT2D eigenvalue weighted by Crippen LogP contribution is -2.44. The van der Waals surface area contributed by atoms with Gasteiger partial charge in [0.15, 0.2) is 0 Å². The Morgan fingerprint density at radius 2 is 1.34 bits per heavy atom. The summed E-state index contributed by atoms with van der Waals surface area (Å²) in [7, 11) is 1.10. The molecule has 0 unspecified atom stereocenters. The number of Topliss-reactive ketones (excluding diaryl/α,β-unsaturated/α-hetero) is 1. The maximum Gasteiger partial charge on any atom is 0.408 e. The van der Waals surface area contributed by atoms with E-state index in [2.05, 4.69) is 10.1 Å². The second-order valence-corrected chi connectivity index (χ2v) is 5.97. The van der Waals surface area contributed by atoms with Crippen LogP contribution in [0.1, 0.15) is 17.5 Å². The Balaban J connectivity index is 1.86. The highest BCUT2D eigenvalue weighted by molar-refractivity contribution is 6.34. The highest BCUT2D eigenvalue weighted by atomic mass is 16.6. The molecule has 0 bridgehead atoms. The number of amides is 1. The van der Waals surface area contributed by atoms with Gasteiger partial charge in [-0.25, -0.2) is 14.4 Å². The average Bonchev–Trinajstić information content (AvgIpc) is 2.76. The van der Waals surface area contributed by atoms with E-state index in [0.29, 0.717) is 5.56 Å². The predicted molar refractivity (Wildman–Crippen MR) is 101 cm³/mol. The van der Waals surface area contributed by atoms with E-state index in [1.165, 1.54) is 0 Å². The minimum absolute atomic E-state index is 0.0202.